The second kappa shape index (κ2) is 5.09. The van der Waals surface area contributed by atoms with Crippen LogP contribution < -0.4 is 10.2 Å². The summed E-state index contributed by atoms with van der Waals surface area (Å²) < 4.78 is 0. The van der Waals surface area contributed by atoms with Gasteiger partial charge in [0.05, 0.1) is 0 Å². The minimum atomic E-state index is -0.863. The Kier molecular flexibility index (Phi) is 3.78. The zero-order valence-electron chi connectivity index (χ0n) is 12.2. The van der Waals surface area contributed by atoms with Crippen molar-refractivity contribution in [3.8, 4) is 0 Å². The first-order chi connectivity index (χ1) is 9.30. The zero-order chi connectivity index (χ0) is 15.1. The van der Waals surface area contributed by atoms with Crippen molar-refractivity contribution in [2.75, 3.05) is 4.90 Å². The van der Waals surface area contributed by atoms with Crippen LogP contribution in [0.5, 0.6) is 0 Å². The molecule has 108 valence electrons. The van der Waals surface area contributed by atoms with Gasteiger partial charge in [0.25, 0.3) is 5.91 Å². The summed E-state index contributed by atoms with van der Waals surface area (Å²) >= 11 is 6.03. The molecule has 1 aromatic rings. The molecule has 4 nitrogen and oxygen atoms in total. The summed E-state index contributed by atoms with van der Waals surface area (Å²) in [6.45, 7) is 7.27. The summed E-state index contributed by atoms with van der Waals surface area (Å²) in [5.41, 5.74) is 0.755. The van der Waals surface area contributed by atoms with Gasteiger partial charge in [0.2, 0.25) is 5.91 Å². The van der Waals surface area contributed by atoms with Gasteiger partial charge in [0, 0.05) is 10.7 Å². The summed E-state index contributed by atoms with van der Waals surface area (Å²) in [5.74, 6) is -0.245. The average molecular weight is 295 g/mol. The van der Waals surface area contributed by atoms with Crippen LogP contribution in [0.15, 0.2) is 18.2 Å². The van der Waals surface area contributed by atoms with Crippen LogP contribution in [0, 0.1) is 6.92 Å². The molecule has 1 saturated heterocycles. The summed E-state index contributed by atoms with van der Waals surface area (Å²) in [6, 6.07) is 4.82. The van der Waals surface area contributed by atoms with Gasteiger partial charge in [-0.1, -0.05) is 24.6 Å². The summed E-state index contributed by atoms with van der Waals surface area (Å²) in [7, 11) is 0. The van der Waals surface area contributed by atoms with Crippen molar-refractivity contribution >= 4 is 29.1 Å². The number of carbonyl (C=O) groups excluding carboxylic acids is 2. The maximum Gasteiger partial charge on any atom is 0.253 e. The second-order valence-electron chi connectivity index (χ2n) is 5.46. The van der Waals surface area contributed by atoms with Gasteiger partial charge in [-0.2, -0.15) is 0 Å². The van der Waals surface area contributed by atoms with E-state index in [0.29, 0.717) is 17.1 Å². The number of piperazine rings is 1. The Bertz CT molecular complexity index is 573. The number of rotatable bonds is 2. The molecule has 2 rings (SSSR count). The predicted octanol–water partition coefficient (Wildman–Crippen LogP) is 2.67. The minimum Gasteiger partial charge on any atom is -0.340 e. The van der Waals surface area contributed by atoms with Gasteiger partial charge in [-0.3, -0.25) is 14.5 Å². The van der Waals surface area contributed by atoms with Gasteiger partial charge < -0.3 is 5.32 Å². The molecule has 2 amide bonds. The SMILES string of the molecule is CCC1(C)NC(=O)C(C)N(c2cc(Cl)ccc2C)C1=O. The van der Waals surface area contributed by atoms with E-state index in [1.807, 2.05) is 19.9 Å². The third kappa shape index (κ3) is 2.29. The number of hydrogen-bond acceptors (Lipinski definition) is 2. The van der Waals surface area contributed by atoms with E-state index in [-0.39, 0.29) is 11.8 Å². The van der Waals surface area contributed by atoms with E-state index in [4.69, 9.17) is 11.6 Å². The zero-order valence-corrected chi connectivity index (χ0v) is 12.9. The van der Waals surface area contributed by atoms with Crippen LogP contribution in [0.1, 0.15) is 32.8 Å². The Balaban J connectivity index is 2.54. The monoisotopic (exact) mass is 294 g/mol. The lowest BCUT2D eigenvalue weighted by atomic mass is 9.91. The Morgan fingerprint density at radius 2 is 2.05 bits per heavy atom. The first-order valence-corrected chi connectivity index (χ1v) is 7.10. The van der Waals surface area contributed by atoms with Crippen LogP contribution >= 0.6 is 11.6 Å². The minimum absolute atomic E-state index is 0.0996. The lowest BCUT2D eigenvalue weighted by molar-refractivity contribution is -0.137. The molecule has 0 spiro atoms. The molecule has 2 unspecified atom stereocenters. The van der Waals surface area contributed by atoms with E-state index in [1.54, 1.807) is 30.9 Å². The third-order valence-electron chi connectivity index (χ3n) is 3.99. The highest BCUT2D eigenvalue weighted by atomic mass is 35.5. The smallest absolute Gasteiger partial charge is 0.253 e. The van der Waals surface area contributed by atoms with E-state index in [9.17, 15) is 9.59 Å². The first kappa shape index (κ1) is 14.9. The van der Waals surface area contributed by atoms with Crippen LogP contribution in [0.25, 0.3) is 0 Å². The van der Waals surface area contributed by atoms with Gasteiger partial charge in [-0.05, 0) is 44.9 Å². The number of nitrogens with zero attached hydrogens (tertiary/aromatic N) is 1. The highest BCUT2D eigenvalue weighted by Gasteiger charge is 2.46. The number of hydrogen-bond donors (Lipinski definition) is 1. The fourth-order valence-electron chi connectivity index (χ4n) is 2.39. The molecular weight excluding hydrogens is 276 g/mol. The topological polar surface area (TPSA) is 49.4 Å². The molecule has 1 N–H and O–H groups in total. The van der Waals surface area contributed by atoms with Crippen molar-refractivity contribution in [2.24, 2.45) is 0 Å². The van der Waals surface area contributed by atoms with E-state index >= 15 is 0 Å². The van der Waals surface area contributed by atoms with Gasteiger partial charge in [0.1, 0.15) is 11.6 Å². The molecule has 0 saturated carbocycles. The van der Waals surface area contributed by atoms with Crippen molar-refractivity contribution in [2.45, 2.75) is 45.7 Å². The normalized spacial score (nSPS) is 26.6. The number of amides is 2. The van der Waals surface area contributed by atoms with Crippen molar-refractivity contribution < 1.29 is 9.59 Å². The Morgan fingerprint density at radius 3 is 2.65 bits per heavy atom. The molecule has 1 aliphatic heterocycles. The molecule has 5 heteroatoms. The van der Waals surface area contributed by atoms with Crippen LogP contribution in [-0.2, 0) is 9.59 Å². The van der Waals surface area contributed by atoms with Crippen LogP contribution in [0.4, 0.5) is 5.69 Å². The summed E-state index contributed by atoms with van der Waals surface area (Å²) in [6.07, 6.45) is 0.542. The predicted molar refractivity (Wildman–Crippen MR) is 80.0 cm³/mol. The number of carbonyl (C=O) groups is 2. The molecule has 2 atom stereocenters. The number of benzene rings is 1. The fraction of sp³-hybridized carbons (Fsp3) is 0.467. The van der Waals surface area contributed by atoms with Crippen LogP contribution in [0.3, 0.4) is 0 Å². The van der Waals surface area contributed by atoms with Crippen molar-refractivity contribution in [3.05, 3.63) is 28.8 Å². The van der Waals surface area contributed by atoms with Gasteiger partial charge in [0.15, 0.2) is 0 Å². The van der Waals surface area contributed by atoms with E-state index < -0.39 is 11.6 Å². The Labute approximate surface area is 124 Å². The largest absolute Gasteiger partial charge is 0.340 e. The van der Waals surface area contributed by atoms with E-state index in [2.05, 4.69) is 5.32 Å². The number of nitrogens with one attached hydrogen (secondary N) is 1. The molecule has 0 radical (unpaired) electrons. The summed E-state index contributed by atoms with van der Waals surface area (Å²) in [5, 5.41) is 3.36. The van der Waals surface area contributed by atoms with Crippen LogP contribution in [0.2, 0.25) is 5.02 Å². The van der Waals surface area contributed by atoms with Crippen molar-refractivity contribution in [1.29, 1.82) is 0 Å². The third-order valence-corrected chi connectivity index (χ3v) is 4.23. The van der Waals surface area contributed by atoms with Crippen LogP contribution in [-0.4, -0.2) is 23.4 Å². The molecular formula is C15H19ClN2O2. The lowest BCUT2D eigenvalue weighted by Crippen LogP contribution is -2.68. The molecule has 1 aromatic carbocycles. The maximum atomic E-state index is 12.8. The quantitative estimate of drug-likeness (QED) is 0.911. The number of halogens is 1. The number of anilines is 1. The summed E-state index contributed by atoms with van der Waals surface area (Å²) in [4.78, 5) is 26.5. The van der Waals surface area contributed by atoms with E-state index in [0.717, 1.165) is 5.56 Å². The molecule has 0 aliphatic carbocycles. The average Bonchev–Trinajstić information content (AvgIpc) is 2.41. The number of aryl methyl sites for hydroxylation is 1. The standard InChI is InChI=1S/C15H19ClN2O2/c1-5-15(4)14(20)18(10(3)13(19)17-15)12-8-11(16)7-6-9(12)2/h6-8,10H,5H2,1-4H3,(H,17,19). The lowest BCUT2D eigenvalue weighted by Gasteiger charge is -2.43. The van der Waals surface area contributed by atoms with E-state index in [1.165, 1.54) is 0 Å². The van der Waals surface area contributed by atoms with Gasteiger partial charge >= 0.3 is 0 Å². The highest BCUT2D eigenvalue weighted by Crippen LogP contribution is 2.31. The molecule has 0 bridgehead atoms. The molecule has 20 heavy (non-hydrogen) atoms. The van der Waals surface area contributed by atoms with Crippen molar-refractivity contribution in [3.63, 3.8) is 0 Å². The molecule has 1 fully saturated rings. The first-order valence-electron chi connectivity index (χ1n) is 6.72. The fourth-order valence-corrected chi connectivity index (χ4v) is 2.55. The van der Waals surface area contributed by atoms with Crippen molar-refractivity contribution in [1.82, 2.24) is 5.32 Å². The Hall–Kier alpha value is -1.55. The molecule has 1 heterocycles. The highest BCUT2D eigenvalue weighted by molar-refractivity contribution is 6.31. The van der Waals surface area contributed by atoms with Gasteiger partial charge in [-0.25, -0.2) is 0 Å². The maximum absolute atomic E-state index is 12.8. The van der Waals surface area contributed by atoms with Gasteiger partial charge in [-0.15, -0.1) is 0 Å². The molecule has 1 aliphatic rings. The molecule has 0 aromatic heterocycles. The second-order valence-corrected chi connectivity index (χ2v) is 5.89. The Morgan fingerprint density at radius 1 is 1.40 bits per heavy atom.